The van der Waals surface area contributed by atoms with Crippen molar-refractivity contribution in [1.29, 1.82) is 0 Å². The van der Waals surface area contributed by atoms with Crippen LogP contribution in [0.3, 0.4) is 0 Å². The topological polar surface area (TPSA) is 34.1 Å². The second kappa shape index (κ2) is 5.04. The summed E-state index contributed by atoms with van der Waals surface area (Å²) < 4.78 is 5.25. The summed E-state index contributed by atoms with van der Waals surface area (Å²) in [4.78, 5) is 4.24. The largest absolute Gasteiger partial charge is 0.478 e. The summed E-state index contributed by atoms with van der Waals surface area (Å²) in [5, 5.41) is 3.66. The summed E-state index contributed by atoms with van der Waals surface area (Å²) in [7, 11) is 1.85. The Morgan fingerprint density at radius 1 is 1.54 bits per heavy atom. The molecule has 1 aromatic heterocycles. The van der Waals surface area contributed by atoms with Gasteiger partial charge in [0.1, 0.15) is 0 Å². The fourth-order valence-electron chi connectivity index (χ4n) is 0.984. The Balaban J connectivity index is 2.83. The third-order valence-electron chi connectivity index (χ3n) is 1.53. The lowest BCUT2D eigenvalue weighted by atomic mass is 10.3. The number of pyridine rings is 1. The van der Waals surface area contributed by atoms with Crippen LogP contribution in [0.1, 0.15) is 12.6 Å². The Kier molecular flexibility index (Phi) is 3.99. The van der Waals surface area contributed by atoms with Crippen molar-refractivity contribution in [3.05, 3.63) is 22.8 Å². The van der Waals surface area contributed by atoms with E-state index >= 15 is 0 Å². The maximum Gasteiger partial charge on any atom is 0.213 e. The van der Waals surface area contributed by atoms with E-state index in [2.05, 4.69) is 10.3 Å². The minimum Gasteiger partial charge on any atom is -0.478 e. The minimum atomic E-state index is 0.619. The van der Waals surface area contributed by atoms with E-state index in [-0.39, 0.29) is 0 Å². The zero-order chi connectivity index (χ0) is 9.68. The van der Waals surface area contributed by atoms with E-state index in [0.29, 0.717) is 24.1 Å². The highest BCUT2D eigenvalue weighted by Gasteiger charge is 2.02. The van der Waals surface area contributed by atoms with Gasteiger partial charge in [0, 0.05) is 12.6 Å². The first-order valence-electron chi connectivity index (χ1n) is 4.20. The van der Waals surface area contributed by atoms with Gasteiger partial charge in [0.25, 0.3) is 0 Å². The molecule has 1 aromatic rings. The molecule has 0 unspecified atom stereocenters. The van der Waals surface area contributed by atoms with Crippen LogP contribution in [0.2, 0.25) is 5.02 Å². The molecule has 3 nitrogen and oxygen atoms in total. The zero-order valence-corrected chi connectivity index (χ0v) is 8.56. The van der Waals surface area contributed by atoms with Gasteiger partial charge in [-0.25, -0.2) is 4.98 Å². The minimum absolute atomic E-state index is 0.619. The van der Waals surface area contributed by atoms with Crippen molar-refractivity contribution >= 4 is 11.6 Å². The predicted octanol–water partition coefficient (Wildman–Crippen LogP) is 1.85. The van der Waals surface area contributed by atoms with Crippen LogP contribution in [-0.4, -0.2) is 18.6 Å². The van der Waals surface area contributed by atoms with Crippen molar-refractivity contribution in [3.8, 4) is 5.88 Å². The molecule has 0 saturated carbocycles. The number of hydrogen-bond donors (Lipinski definition) is 1. The van der Waals surface area contributed by atoms with Crippen molar-refractivity contribution in [2.75, 3.05) is 13.7 Å². The van der Waals surface area contributed by atoms with E-state index in [1.54, 1.807) is 12.1 Å². The number of rotatable bonds is 4. The van der Waals surface area contributed by atoms with Crippen molar-refractivity contribution in [3.63, 3.8) is 0 Å². The van der Waals surface area contributed by atoms with E-state index in [1.807, 2.05) is 14.0 Å². The van der Waals surface area contributed by atoms with Crippen molar-refractivity contribution in [1.82, 2.24) is 10.3 Å². The summed E-state index contributed by atoms with van der Waals surface area (Å²) >= 11 is 5.92. The fourth-order valence-corrected chi connectivity index (χ4v) is 1.16. The first-order chi connectivity index (χ1) is 6.27. The van der Waals surface area contributed by atoms with Gasteiger partial charge in [-0.2, -0.15) is 0 Å². The molecule has 0 amide bonds. The maximum absolute atomic E-state index is 5.92. The van der Waals surface area contributed by atoms with E-state index in [4.69, 9.17) is 16.3 Å². The number of ether oxygens (including phenoxy) is 1. The first-order valence-corrected chi connectivity index (χ1v) is 4.58. The van der Waals surface area contributed by atoms with Crippen molar-refractivity contribution in [2.24, 2.45) is 0 Å². The van der Waals surface area contributed by atoms with Crippen LogP contribution < -0.4 is 10.1 Å². The van der Waals surface area contributed by atoms with Crippen LogP contribution in [0.5, 0.6) is 5.88 Å². The molecule has 0 aromatic carbocycles. The van der Waals surface area contributed by atoms with Crippen LogP contribution in [-0.2, 0) is 6.54 Å². The monoisotopic (exact) mass is 200 g/mol. The normalized spacial score (nSPS) is 10.1. The van der Waals surface area contributed by atoms with Crippen LogP contribution in [0.15, 0.2) is 12.1 Å². The molecule has 0 aliphatic heterocycles. The van der Waals surface area contributed by atoms with Crippen LogP contribution in [0, 0.1) is 0 Å². The second-order valence-corrected chi connectivity index (χ2v) is 2.95. The summed E-state index contributed by atoms with van der Waals surface area (Å²) in [5.41, 5.74) is 0.815. The lowest BCUT2D eigenvalue weighted by Crippen LogP contribution is -2.08. The third kappa shape index (κ3) is 2.86. The number of halogens is 1. The molecule has 0 aliphatic rings. The Labute approximate surface area is 83.1 Å². The van der Waals surface area contributed by atoms with Crippen LogP contribution in [0.25, 0.3) is 0 Å². The lowest BCUT2D eigenvalue weighted by Gasteiger charge is -2.06. The van der Waals surface area contributed by atoms with Gasteiger partial charge in [0.15, 0.2) is 0 Å². The van der Waals surface area contributed by atoms with Gasteiger partial charge in [-0.15, -0.1) is 0 Å². The second-order valence-electron chi connectivity index (χ2n) is 2.54. The summed E-state index contributed by atoms with van der Waals surface area (Å²) in [6.45, 7) is 3.20. The van der Waals surface area contributed by atoms with Gasteiger partial charge in [-0.1, -0.05) is 11.6 Å². The van der Waals surface area contributed by atoms with E-state index < -0.39 is 0 Å². The van der Waals surface area contributed by atoms with Crippen molar-refractivity contribution < 1.29 is 4.74 Å². The molecule has 4 heteroatoms. The summed E-state index contributed by atoms with van der Waals surface area (Å²) in [6.07, 6.45) is 0. The van der Waals surface area contributed by atoms with Gasteiger partial charge < -0.3 is 10.1 Å². The molecule has 0 bridgehead atoms. The molecule has 0 atom stereocenters. The highest BCUT2D eigenvalue weighted by Crippen LogP contribution is 2.17. The van der Waals surface area contributed by atoms with Crippen LogP contribution >= 0.6 is 11.6 Å². The number of hydrogen-bond acceptors (Lipinski definition) is 3. The molecule has 0 saturated heterocycles. The SMILES string of the molecule is CCOc1ccc(Cl)c(CNC)n1. The zero-order valence-electron chi connectivity index (χ0n) is 7.80. The number of nitrogens with zero attached hydrogens (tertiary/aromatic N) is 1. The standard InChI is InChI=1S/C9H13ClN2O/c1-3-13-9-5-4-7(10)8(12-9)6-11-2/h4-5,11H,3,6H2,1-2H3. The molecule has 1 rings (SSSR count). The number of aromatic nitrogens is 1. The van der Waals surface area contributed by atoms with Gasteiger partial charge >= 0.3 is 0 Å². The Morgan fingerprint density at radius 2 is 2.31 bits per heavy atom. The van der Waals surface area contributed by atoms with Gasteiger partial charge in [-0.3, -0.25) is 0 Å². The molecule has 0 fully saturated rings. The molecule has 13 heavy (non-hydrogen) atoms. The Morgan fingerprint density at radius 3 is 2.92 bits per heavy atom. The molecule has 1 heterocycles. The molecule has 1 N–H and O–H groups in total. The Hall–Kier alpha value is -0.800. The number of nitrogens with one attached hydrogen (secondary N) is 1. The van der Waals surface area contributed by atoms with Gasteiger partial charge in [0.05, 0.1) is 17.3 Å². The third-order valence-corrected chi connectivity index (χ3v) is 1.87. The molecular weight excluding hydrogens is 188 g/mol. The summed E-state index contributed by atoms with van der Waals surface area (Å²) in [6, 6.07) is 3.57. The van der Waals surface area contributed by atoms with E-state index in [0.717, 1.165) is 5.69 Å². The average Bonchev–Trinajstić information content (AvgIpc) is 2.12. The van der Waals surface area contributed by atoms with Crippen LogP contribution in [0.4, 0.5) is 0 Å². The highest BCUT2D eigenvalue weighted by atomic mass is 35.5. The van der Waals surface area contributed by atoms with E-state index in [1.165, 1.54) is 0 Å². The van der Waals surface area contributed by atoms with Crippen molar-refractivity contribution in [2.45, 2.75) is 13.5 Å². The van der Waals surface area contributed by atoms with Gasteiger partial charge in [-0.05, 0) is 20.0 Å². The molecule has 72 valence electrons. The molecular formula is C9H13ClN2O. The molecule has 0 aliphatic carbocycles. The fraction of sp³-hybridized carbons (Fsp3) is 0.444. The predicted molar refractivity (Wildman–Crippen MR) is 53.2 cm³/mol. The van der Waals surface area contributed by atoms with Gasteiger partial charge in [0.2, 0.25) is 5.88 Å². The quantitative estimate of drug-likeness (QED) is 0.806. The highest BCUT2D eigenvalue weighted by molar-refractivity contribution is 6.31. The molecule has 0 spiro atoms. The first kappa shape index (κ1) is 10.3. The van der Waals surface area contributed by atoms with E-state index in [9.17, 15) is 0 Å². The Bertz CT molecular complexity index is 278. The average molecular weight is 201 g/mol. The maximum atomic E-state index is 5.92. The molecule has 0 radical (unpaired) electrons. The summed E-state index contributed by atoms with van der Waals surface area (Å²) in [5.74, 6) is 0.622. The lowest BCUT2D eigenvalue weighted by molar-refractivity contribution is 0.325. The smallest absolute Gasteiger partial charge is 0.213 e.